The molecule has 0 bridgehead atoms. The van der Waals surface area contributed by atoms with Gasteiger partial charge in [0, 0.05) is 7.11 Å². The molecule has 1 atom stereocenters. The molecule has 6 heteroatoms. The van der Waals surface area contributed by atoms with Crippen LogP contribution in [0.3, 0.4) is 0 Å². The molecule has 0 amide bonds. The summed E-state index contributed by atoms with van der Waals surface area (Å²) in [7, 11) is 1.62. The first kappa shape index (κ1) is 12.7. The lowest BCUT2D eigenvalue weighted by molar-refractivity contribution is -0.0106. The van der Waals surface area contributed by atoms with Crippen LogP contribution in [-0.2, 0) is 10.3 Å². The highest BCUT2D eigenvalue weighted by Crippen LogP contribution is 2.30. The van der Waals surface area contributed by atoms with Gasteiger partial charge in [-0.05, 0) is 25.5 Å². The molecule has 5 nitrogen and oxygen atoms in total. The quantitative estimate of drug-likeness (QED) is 0.848. The van der Waals surface area contributed by atoms with Crippen molar-refractivity contribution in [2.24, 2.45) is 0 Å². The summed E-state index contributed by atoms with van der Waals surface area (Å²) in [6, 6.07) is 5.62. The van der Waals surface area contributed by atoms with E-state index in [1.165, 1.54) is 11.3 Å². The predicted molar refractivity (Wildman–Crippen MR) is 67.0 cm³/mol. The number of rotatable bonds is 4. The van der Waals surface area contributed by atoms with Crippen molar-refractivity contribution in [2.75, 3.05) is 7.11 Å². The second-order valence-corrected chi connectivity index (χ2v) is 5.07. The van der Waals surface area contributed by atoms with Gasteiger partial charge in [0.25, 0.3) is 5.89 Å². The third kappa shape index (κ3) is 2.15. The molecule has 0 N–H and O–H groups in total. The van der Waals surface area contributed by atoms with Gasteiger partial charge in [0.1, 0.15) is 16.5 Å². The molecule has 0 radical (unpaired) electrons. The van der Waals surface area contributed by atoms with Crippen LogP contribution in [-0.4, -0.2) is 17.3 Å². The number of aromatic nitrogens is 2. The van der Waals surface area contributed by atoms with Gasteiger partial charge in [-0.1, -0.05) is 12.1 Å². The van der Waals surface area contributed by atoms with E-state index in [2.05, 4.69) is 16.2 Å². The molecule has 0 aliphatic heterocycles. The van der Waals surface area contributed by atoms with E-state index in [0.717, 1.165) is 11.3 Å². The number of hydrogen-bond donors (Lipinski definition) is 0. The lowest BCUT2D eigenvalue weighted by atomic mass is 10.0. The molecule has 0 spiro atoms. The molecule has 0 saturated carbocycles. The molecule has 94 valence electrons. The largest absolute Gasteiger partial charge is 0.370 e. The summed E-state index contributed by atoms with van der Waals surface area (Å²) >= 11 is 1.33. The van der Waals surface area contributed by atoms with E-state index in [1.54, 1.807) is 19.2 Å². The average molecular weight is 263 g/mol. The summed E-state index contributed by atoms with van der Waals surface area (Å²) in [6.07, 6.45) is 0.746. The van der Waals surface area contributed by atoms with Crippen molar-refractivity contribution in [3.63, 3.8) is 0 Å². The van der Waals surface area contributed by atoms with Crippen molar-refractivity contribution in [1.29, 1.82) is 5.26 Å². The van der Waals surface area contributed by atoms with Crippen molar-refractivity contribution in [2.45, 2.75) is 25.9 Å². The summed E-state index contributed by atoms with van der Waals surface area (Å²) in [5, 5.41) is 12.7. The Morgan fingerprint density at radius 3 is 2.89 bits per heavy atom. The van der Waals surface area contributed by atoms with Gasteiger partial charge < -0.3 is 9.26 Å². The Morgan fingerprint density at radius 1 is 1.56 bits per heavy atom. The lowest BCUT2D eigenvalue weighted by Gasteiger charge is -2.21. The molecule has 2 aromatic rings. The zero-order chi connectivity index (χ0) is 13.2. The van der Waals surface area contributed by atoms with Gasteiger partial charge in [0.05, 0.1) is 4.88 Å². The average Bonchev–Trinajstić information content (AvgIpc) is 3.05. The third-order valence-electron chi connectivity index (χ3n) is 2.95. The molecule has 1 unspecified atom stereocenters. The molecule has 2 rings (SSSR count). The van der Waals surface area contributed by atoms with Crippen LogP contribution in [0.4, 0.5) is 0 Å². The first-order chi connectivity index (χ1) is 8.62. The zero-order valence-corrected chi connectivity index (χ0v) is 11.2. The van der Waals surface area contributed by atoms with Crippen LogP contribution < -0.4 is 0 Å². The van der Waals surface area contributed by atoms with E-state index < -0.39 is 5.60 Å². The smallest absolute Gasteiger partial charge is 0.268 e. The Bertz CT molecular complexity index is 578. The SMILES string of the molecule is CCC(C)(OC)c1noc(-c2ccc(C#N)s2)n1. The van der Waals surface area contributed by atoms with Gasteiger partial charge in [0.2, 0.25) is 5.82 Å². The summed E-state index contributed by atoms with van der Waals surface area (Å²) in [5.41, 5.74) is -0.545. The maximum atomic E-state index is 8.78. The van der Waals surface area contributed by atoms with Crippen LogP contribution in [0.15, 0.2) is 16.7 Å². The van der Waals surface area contributed by atoms with E-state index in [-0.39, 0.29) is 0 Å². The van der Waals surface area contributed by atoms with E-state index >= 15 is 0 Å². The van der Waals surface area contributed by atoms with Crippen LogP contribution in [0, 0.1) is 11.3 Å². The molecule has 0 saturated heterocycles. The Hall–Kier alpha value is -1.71. The predicted octanol–water partition coefficient (Wildman–Crippen LogP) is 2.94. The van der Waals surface area contributed by atoms with E-state index in [9.17, 15) is 0 Å². The number of methoxy groups -OCH3 is 1. The summed E-state index contributed by atoms with van der Waals surface area (Å²) in [6.45, 7) is 3.91. The lowest BCUT2D eigenvalue weighted by Crippen LogP contribution is -2.24. The monoisotopic (exact) mass is 263 g/mol. The minimum Gasteiger partial charge on any atom is -0.370 e. The normalized spacial score (nSPS) is 14.1. The van der Waals surface area contributed by atoms with Gasteiger partial charge in [0.15, 0.2) is 0 Å². The van der Waals surface area contributed by atoms with Crippen LogP contribution in [0.25, 0.3) is 10.8 Å². The second kappa shape index (κ2) is 4.88. The minimum absolute atomic E-state index is 0.424. The highest BCUT2D eigenvalue weighted by atomic mass is 32.1. The number of nitrogens with zero attached hydrogens (tertiary/aromatic N) is 3. The molecule has 2 aromatic heterocycles. The van der Waals surface area contributed by atoms with Crippen molar-refractivity contribution < 1.29 is 9.26 Å². The maximum Gasteiger partial charge on any atom is 0.268 e. The Kier molecular flexibility index (Phi) is 3.45. The molecule has 2 heterocycles. The van der Waals surface area contributed by atoms with Crippen LogP contribution in [0.5, 0.6) is 0 Å². The maximum absolute atomic E-state index is 8.78. The molecule has 0 aromatic carbocycles. The standard InChI is InChI=1S/C12H13N3O2S/c1-4-12(2,16-3)11-14-10(17-15-11)9-6-5-8(7-13)18-9/h5-6H,4H2,1-3H3. The summed E-state index contributed by atoms with van der Waals surface area (Å²) < 4.78 is 10.6. The topological polar surface area (TPSA) is 71.9 Å². The first-order valence-corrected chi connectivity index (χ1v) is 6.34. The van der Waals surface area contributed by atoms with Gasteiger partial charge >= 0.3 is 0 Å². The van der Waals surface area contributed by atoms with Gasteiger partial charge in [-0.3, -0.25) is 0 Å². The fraction of sp³-hybridized carbons (Fsp3) is 0.417. The fourth-order valence-corrected chi connectivity index (χ4v) is 2.17. The van der Waals surface area contributed by atoms with Crippen LogP contribution in [0.1, 0.15) is 31.0 Å². The Morgan fingerprint density at radius 2 is 2.33 bits per heavy atom. The van der Waals surface area contributed by atoms with Gasteiger partial charge in [-0.25, -0.2) is 0 Å². The van der Waals surface area contributed by atoms with Crippen LogP contribution in [0.2, 0.25) is 0 Å². The molecule has 0 aliphatic carbocycles. The van der Waals surface area contributed by atoms with E-state index in [0.29, 0.717) is 16.6 Å². The molecule has 0 aliphatic rings. The van der Waals surface area contributed by atoms with E-state index in [4.69, 9.17) is 14.5 Å². The highest BCUT2D eigenvalue weighted by molar-refractivity contribution is 7.15. The summed E-state index contributed by atoms with van der Waals surface area (Å²) in [4.78, 5) is 5.75. The molecule has 0 fully saturated rings. The zero-order valence-electron chi connectivity index (χ0n) is 10.4. The second-order valence-electron chi connectivity index (χ2n) is 3.99. The number of nitriles is 1. The number of hydrogen-bond acceptors (Lipinski definition) is 6. The Labute approximate surface area is 109 Å². The van der Waals surface area contributed by atoms with Crippen LogP contribution >= 0.6 is 11.3 Å². The third-order valence-corrected chi connectivity index (χ3v) is 3.93. The molecular weight excluding hydrogens is 250 g/mol. The van der Waals surface area contributed by atoms with Crippen molar-refractivity contribution in [3.05, 3.63) is 22.8 Å². The highest BCUT2D eigenvalue weighted by Gasteiger charge is 2.30. The molecular formula is C12H13N3O2S. The summed E-state index contributed by atoms with van der Waals surface area (Å²) in [5.74, 6) is 0.947. The fourth-order valence-electron chi connectivity index (χ4n) is 1.45. The van der Waals surface area contributed by atoms with Crippen molar-refractivity contribution in [1.82, 2.24) is 10.1 Å². The van der Waals surface area contributed by atoms with E-state index in [1.807, 2.05) is 13.8 Å². The minimum atomic E-state index is -0.545. The molecule has 18 heavy (non-hydrogen) atoms. The van der Waals surface area contributed by atoms with Crippen molar-refractivity contribution in [3.8, 4) is 16.8 Å². The van der Waals surface area contributed by atoms with Gasteiger partial charge in [-0.15, -0.1) is 11.3 Å². The van der Waals surface area contributed by atoms with Crippen molar-refractivity contribution >= 4 is 11.3 Å². The first-order valence-electron chi connectivity index (χ1n) is 5.52. The number of ether oxygens (including phenoxy) is 1. The van der Waals surface area contributed by atoms with Gasteiger partial charge in [-0.2, -0.15) is 10.2 Å². The Balaban J connectivity index is 2.33. The number of thiophene rings is 1.